The van der Waals surface area contributed by atoms with Crippen LogP contribution >= 0.6 is 0 Å². The maximum Gasteiger partial charge on any atom is 0.282 e. The molecule has 3 rings (SSSR count). The number of nitrogens with one attached hydrogen (secondary N) is 2. The summed E-state index contributed by atoms with van der Waals surface area (Å²) < 4.78 is 5.26. The van der Waals surface area contributed by atoms with Gasteiger partial charge in [0.15, 0.2) is 6.04 Å². The molecule has 2 N–H and O–H groups in total. The van der Waals surface area contributed by atoms with Crippen molar-refractivity contribution in [1.82, 2.24) is 0 Å². The molecule has 160 valence electrons. The topological polar surface area (TPSA) is 85.9 Å². The highest BCUT2D eigenvalue weighted by atomic mass is 16.6. The number of hydrogen-bond donors (Lipinski definition) is 2. The normalized spacial score (nSPS) is 15.5. The van der Waals surface area contributed by atoms with Crippen LogP contribution in [0.15, 0.2) is 42.5 Å². The summed E-state index contributed by atoms with van der Waals surface area (Å²) in [6, 6.07) is 13.0. The van der Waals surface area contributed by atoms with Crippen LogP contribution in [-0.2, 0) is 11.3 Å². The molecule has 30 heavy (non-hydrogen) atoms. The average molecular weight is 413 g/mol. The van der Waals surface area contributed by atoms with Gasteiger partial charge in [0, 0.05) is 30.5 Å². The minimum Gasteiger partial charge on any atom is -0.495 e. The molecule has 0 aromatic heterocycles. The molecule has 1 unspecified atom stereocenters. The van der Waals surface area contributed by atoms with E-state index in [0.717, 1.165) is 19.4 Å². The van der Waals surface area contributed by atoms with Gasteiger partial charge < -0.3 is 15.0 Å². The van der Waals surface area contributed by atoms with E-state index in [1.807, 2.05) is 6.92 Å². The zero-order valence-corrected chi connectivity index (χ0v) is 18.0. The fraction of sp³-hybridized carbons (Fsp3) is 0.435. The van der Waals surface area contributed by atoms with Gasteiger partial charge in [0.25, 0.3) is 11.6 Å². The van der Waals surface area contributed by atoms with E-state index in [0.29, 0.717) is 23.4 Å². The Morgan fingerprint density at radius 3 is 2.40 bits per heavy atom. The van der Waals surface area contributed by atoms with Crippen molar-refractivity contribution in [3.8, 4) is 5.75 Å². The third kappa shape index (κ3) is 5.16. The highest BCUT2D eigenvalue weighted by Crippen LogP contribution is 2.29. The number of anilines is 1. The highest BCUT2D eigenvalue weighted by molar-refractivity contribution is 5.95. The second-order valence-electron chi connectivity index (χ2n) is 8.27. The minimum absolute atomic E-state index is 0.0876. The molecule has 0 heterocycles. The number of non-ortho nitro benzene ring substituents is 1. The second-order valence-corrected chi connectivity index (χ2v) is 8.27. The Bertz CT molecular complexity index is 907. The Balaban J connectivity index is 1.74. The van der Waals surface area contributed by atoms with Crippen molar-refractivity contribution in [2.45, 2.75) is 58.2 Å². The van der Waals surface area contributed by atoms with Gasteiger partial charge in [0.1, 0.15) is 12.3 Å². The molecule has 1 aliphatic carbocycles. The molecule has 1 aliphatic rings. The van der Waals surface area contributed by atoms with Gasteiger partial charge in [0.2, 0.25) is 0 Å². The number of hydrogen-bond acceptors (Lipinski definition) is 4. The molecular formula is C23H30N3O4+. The van der Waals surface area contributed by atoms with Crippen molar-refractivity contribution < 1.29 is 19.4 Å². The molecule has 2 aromatic rings. The quantitative estimate of drug-likeness (QED) is 0.489. The summed E-state index contributed by atoms with van der Waals surface area (Å²) in [5.74, 6) is 0.716. The van der Waals surface area contributed by atoms with Crippen LogP contribution in [0.4, 0.5) is 11.4 Å². The minimum atomic E-state index is -0.485. The van der Waals surface area contributed by atoms with E-state index in [-0.39, 0.29) is 17.6 Å². The zero-order valence-electron chi connectivity index (χ0n) is 18.0. The summed E-state index contributed by atoms with van der Waals surface area (Å²) in [6.07, 6.45) is 2.22. The molecule has 0 radical (unpaired) electrons. The Hall–Kier alpha value is -2.93. The van der Waals surface area contributed by atoms with Gasteiger partial charge in [-0.1, -0.05) is 38.1 Å². The van der Waals surface area contributed by atoms with Crippen LogP contribution in [0.3, 0.4) is 0 Å². The molecule has 0 saturated heterocycles. The van der Waals surface area contributed by atoms with Gasteiger partial charge >= 0.3 is 0 Å². The van der Waals surface area contributed by atoms with Crippen LogP contribution in [0.1, 0.15) is 50.7 Å². The van der Waals surface area contributed by atoms with E-state index in [1.54, 1.807) is 0 Å². The van der Waals surface area contributed by atoms with E-state index in [2.05, 4.69) is 43.4 Å². The molecule has 7 nitrogen and oxygen atoms in total. The van der Waals surface area contributed by atoms with E-state index < -0.39 is 4.92 Å². The van der Waals surface area contributed by atoms with Gasteiger partial charge in [-0.3, -0.25) is 14.9 Å². The van der Waals surface area contributed by atoms with Crippen molar-refractivity contribution in [1.29, 1.82) is 0 Å². The Kier molecular flexibility index (Phi) is 6.72. The lowest BCUT2D eigenvalue weighted by Crippen LogP contribution is -3.16. The number of nitro groups is 1. The molecule has 1 amide bonds. The van der Waals surface area contributed by atoms with Crippen molar-refractivity contribution in [2.75, 3.05) is 12.4 Å². The van der Waals surface area contributed by atoms with Crippen LogP contribution in [0.2, 0.25) is 0 Å². The first kappa shape index (κ1) is 21.8. The van der Waals surface area contributed by atoms with Gasteiger partial charge in [-0.2, -0.15) is 0 Å². The lowest BCUT2D eigenvalue weighted by molar-refractivity contribution is -0.938. The first-order valence-electron chi connectivity index (χ1n) is 10.4. The van der Waals surface area contributed by atoms with Crippen LogP contribution < -0.4 is 15.0 Å². The fourth-order valence-electron chi connectivity index (χ4n) is 3.68. The number of methoxy groups -OCH3 is 1. The summed E-state index contributed by atoms with van der Waals surface area (Å²) in [6.45, 7) is 7.02. The zero-order chi connectivity index (χ0) is 21.8. The number of rotatable bonds is 9. The summed E-state index contributed by atoms with van der Waals surface area (Å²) in [5.41, 5.74) is 2.74. The predicted molar refractivity (Wildman–Crippen MR) is 116 cm³/mol. The number of carbonyl (C=O) groups is 1. The number of amides is 1. The smallest absolute Gasteiger partial charge is 0.282 e. The third-order valence-corrected chi connectivity index (χ3v) is 5.76. The molecule has 0 spiro atoms. The van der Waals surface area contributed by atoms with E-state index in [1.165, 1.54) is 41.3 Å². The largest absolute Gasteiger partial charge is 0.495 e. The Morgan fingerprint density at radius 1 is 1.20 bits per heavy atom. The summed E-state index contributed by atoms with van der Waals surface area (Å²) >= 11 is 0. The Morgan fingerprint density at radius 2 is 1.87 bits per heavy atom. The molecule has 0 aliphatic heterocycles. The first-order valence-corrected chi connectivity index (χ1v) is 10.4. The van der Waals surface area contributed by atoms with E-state index in [9.17, 15) is 14.9 Å². The fourth-order valence-corrected chi connectivity index (χ4v) is 3.68. The maximum absolute atomic E-state index is 13.0. The first-order chi connectivity index (χ1) is 14.3. The molecule has 1 fully saturated rings. The van der Waals surface area contributed by atoms with Crippen molar-refractivity contribution in [3.63, 3.8) is 0 Å². The number of nitrogens with zero attached hydrogens (tertiary/aromatic N) is 1. The maximum atomic E-state index is 13.0. The van der Waals surface area contributed by atoms with E-state index in [4.69, 9.17) is 4.74 Å². The molecule has 2 aromatic carbocycles. The van der Waals surface area contributed by atoms with E-state index >= 15 is 0 Å². The highest BCUT2D eigenvalue weighted by Gasteiger charge is 2.39. The van der Waals surface area contributed by atoms with Crippen LogP contribution in [-0.4, -0.2) is 30.0 Å². The van der Waals surface area contributed by atoms with Crippen LogP contribution in [0.25, 0.3) is 0 Å². The number of carbonyl (C=O) groups excluding carboxylic acids is 1. The van der Waals surface area contributed by atoms with Gasteiger partial charge in [-0.15, -0.1) is 0 Å². The number of nitro benzene ring substituents is 1. The molecule has 2 atom stereocenters. The molecule has 7 heteroatoms. The standard InChI is InChI=1S/C23H29N3O4/c1-15(2)18-7-5-17(6-8-18)14-25(19-9-10-19)16(3)23(27)24-21-13-20(26(28)29)11-12-22(21)30-4/h5-8,11-13,15-16,19H,9-10,14H2,1-4H3,(H,24,27)/p+1/t16-/m0/s1. The van der Waals surface area contributed by atoms with Crippen molar-refractivity contribution >= 4 is 17.3 Å². The predicted octanol–water partition coefficient (Wildman–Crippen LogP) is 3.30. The lowest BCUT2D eigenvalue weighted by Gasteiger charge is -2.26. The number of ether oxygens (including phenoxy) is 1. The summed E-state index contributed by atoms with van der Waals surface area (Å²) in [4.78, 5) is 24.8. The second kappa shape index (κ2) is 9.26. The molecule has 0 bridgehead atoms. The third-order valence-electron chi connectivity index (χ3n) is 5.76. The van der Waals surface area contributed by atoms with Gasteiger partial charge in [-0.25, -0.2) is 0 Å². The van der Waals surface area contributed by atoms with Gasteiger partial charge in [-0.05, 0) is 24.5 Å². The van der Waals surface area contributed by atoms with Crippen molar-refractivity contribution in [2.24, 2.45) is 0 Å². The average Bonchev–Trinajstić information content (AvgIpc) is 3.56. The SMILES string of the molecule is COc1ccc([N+](=O)[O-])cc1NC(=O)[C@H](C)[NH+](Cc1ccc(C(C)C)cc1)C1CC1. The van der Waals surface area contributed by atoms with Crippen molar-refractivity contribution in [3.05, 3.63) is 63.7 Å². The molecule has 1 saturated carbocycles. The number of quaternary nitrogens is 1. The van der Waals surface area contributed by atoms with Gasteiger partial charge in [0.05, 0.1) is 23.8 Å². The summed E-state index contributed by atoms with van der Waals surface area (Å²) in [5, 5.41) is 13.9. The molecular weight excluding hydrogens is 382 g/mol. The monoisotopic (exact) mass is 412 g/mol. The van der Waals surface area contributed by atoms with Crippen LogP contribution in [0.5, 0.6) is 5.75 Å². The summed E-state index contributed by atoms with van der Waals surface area (Å²) in [7, 11) is 1.48. The number of benzene rings is 2. The lowest BCUT2D eigenvalue weighted by atomic mass is 10.0. The van der Waals surface area contributed by atoms with Crippen LogP contribution in [0, 0.1) is 10.1 Å². The Labute approximate surface area is 177 Å².